The minimum absolute atomic E-state index is 0.0170. The van der Waals surface area contributed by atoms with E-state index in [9.17, 15) is 14.9 Å². The molecule has 2 rings (SSSR count). The highest BCUT2D eigenvalue weighted by molar-refractivity contribution is 5.86. The van der Waals surface area contributed by atoms with Crippen LogP contribution in [0.3, 0.4) is 0 Å². The van der Waals surface area contributed by atoms with Crippen molar-refractivity contribution < 1.29 is 9.72 Å². The monoisotopic (exact) mass is 273 g/mol. The zero-order valence-corrected chi connectivity index (χ0v) is 11.2. The Morgan fingerprint density at radius 3 is 2.85 bits per heavy atom. The third-order valence-corrected chi connectivity index (χ3v) is 3.58. The zero-order chi connectivity index (χ0) is 14.7. The van der Waals surface area contributed by atoms with Crippen molar-refractivity contribution in [2.24, 2.45) is 0 Å². The molecule has 1 saturated heterocycles. The van der Waals surface area contributed by atoms with Crippen LogP contribution in [-0.2, 0) is 4.79 Å². The fourth-order valence-corrected chi connectivity index (χ4v) is 2.62. The van der Waals surface area contributed by atoms with Crippen molar-refractivity contribution in [1.29, 1.82) is 5.26 Å². The van der Waals surface area contributed by atoms with E-state index >= 15 is 0 Å². The van der Waals surface area contributed by atoms with Crippen LogP contribution < -0.4 is 4.90 Å². The predicted molar refractivity (Wildman–Crippen MR) is 73.5 cm³/mol. The molecule has 1 heterocycles. The molecule has 1 fully saturated rings. The van der Waals surface area contributed by atoms with Crippen molar-refractivity contribution >= 4 is 17.2 Å². The first-order chi connectivity index (χ1) is 9.54. The predicted octanol–water partition coefficient (Wildman–Crippen LogP) is 2.41. The van der Waals surface area contributed by atoms with Crippen LogP contribution in [0, 0.1) is 21.4 Å². The third-order valence-electron chi connectivity index (χ3n) is 3.58. The van der Waals surface area contributed by atoms with E-state index < -0.39 is 4.92 Å². The highest BCUT2D eigenvalue weighted by atomic mass is 16.6. The summed E-state index contributed by atoms with van der Waals surface area (Å²) >= 11 is 0. The van der Waals surface area contributed by atoms with E-state index in [1.165, 1.54) is 13.0 Å². The number of benzene rings is 1. The number of hydrogen-bond acceptors (Lipinski definition) is 5. The number of piperidine rings is 1. The molecule has 1 aromatic carbocycles. The first kappa shape index (κ1) is 14.0. The first-order valence-electron chi connectivity index (χ1n) is 6.50. The third kappa shape index (κ3) is 2.62. The normalized spacial score (nSPS) is 18.4. The molecule has 1 aliphatic rings. The van der Waals surface area contributed by atoms with Crippen LogP contribution in [0.1, 0.15) is 31.7 Å². The molecule has 0 spiro atoms. The Balaban J connectivity index is 2.47. The van der Waals surface area contributed by atoms with Crippen molar-refractivity contribution in [3.63, 3.8) is 0 Å². The van der Waals surface area contributed by atoms with Gasteiger partial charge in [-0.3, -0.25) is 14.9 Å². The molecule has 1 aromatic rings. The maximum atomic E-state index is 11.7. The van der Waals surface area contributed by atoms with Gasteiger partial charge in [0.2, 0.25) is 0 Å². The zero-order valence-electron chi connectivity index (χ0n) is 11.2. The van der Waals surface area contributed by atoms with Gasteiger partial charge in [-0.15, -0.1) is 0 Å². The van der Waals surface area contributed by atoms with Crippen molar-refractivity contribution in [3.05, 3.63) is 33.9 Å². The molecular weight excluding hydrogens is 258 g/mol. The second-order valence-electron chi connectivity index (χ2n) is 4.89. The number of nitro benzene ring substituents is 1. The van der Waals surface area contributed by atoms with E-state index in [1.54, 1.807) is 17.0 Å². The second kappa shape index (κ2) is 5.70. The molecule has 1 atom stereocenters. The lowest BCUT2D eigenvalue weighted by Gasteiger charge is -2.35. The summed E-state index contributed by atoms with van der Waals surface area (Å²) in [5, 5.41) is 20.0. The number of ketones is 1. The van der Waals surface area contributed by atoms with Gasteiger partial charge in [0.1, 0.15) is 5.69 Å². The number of nitriles is 1. The molecule has 1 aliphatic heterocycles. The largest absolute Gasteiger partial charge is 0.356 e. The molecule has 0 radical (unpaired) electrons. The van der Waals surface area contributed by atoms with Gasteiger partial charge >= 0.3 is 0 Å². The maximum Gasteiger partial charge on any atom is 0.293 e. The molecule has 0 N–H and O–H groups in total. The lowest BCUT2D eigenvalue weighted by molar-refractivity contribution is -0.384. The summed E-state index contributed by atoms with van der Waals surface area (Å²) < 4.78 is 0. The summed E-state index contributed by atoms with van der Waals surface area (Å²) in [4.78, 5) is 24.2. The number of nitro groups is 1. The Kier molecular flexibility index (Phi) is 3.99. The molecule has 6 heteroatoms. The van der Waals surface area contributed by atoms with Gasteiger partial charge in [0.25, 0.3) is 5.69 Å². The van der Waals surface area contributed by atoms with Gasteiger partial charge in [-0.25, -0.2) is 0 Å². The average molecular weight is 273 g/mol. The molecule has 1 unspecified atom stereocenters. The lowest BCUT2D eigenvalue weighted by atomic mass is 9.97. The van der Waals surface area contributed by atoms with Crippen LogP contribution in [0.25, 0.3) is 0 Å². The Morgan fingerprint density at radius 1 is 1.50 bits per heavy atom. The molecule has 0 saturated carbocycles. The number of nitrogens with zero attached hydrogens (tertiary/aromatic N) is 3. The molecule has 0 aliphatic carbocycles. The Labute approximate surface area is 116 Å². The van der Waals surface area contributed by atoms with Gasteiger partial charge in [-0.2, -0.15) is 5.26 Å². The van der Waals surface area contributed by atoms with Gasteiger partial charge in [-0.05, 0) is 38.3 Å². The fourth-order valence-electron chi connectivity index (χ4n) is 2.62. The first-order valence-corrected chi connectivity index (χ1v) is 6.50. The Bertz CT molecular complexity index is 592. The summed E-state index contributed by atoms with van der Waals surface area (Å²) in [6.45, 7) is 2.13. The van der Waals surface area contributed by atoms with E-state index in [0.29, 0.717) is 18.7 Å². The summed E-state index contributed by atoms with van der Waals surface area (Å²) in [7, 11) is 0. The summed E-state index contributed by atoms with van der Waals surface area (Å²) in [5.41, 5.74) is 0.558. The minimum Gasteiger partial charge on any atom is -0.356 e. The number of hydrogen-bond donors (Lipinski definition) is 0. The molecule has 0 bridgehead atoms. The van der Waals surface area contributed by atoms with E-state index in [1.807, 2.05) is 6.07 Å². The number of carbonyl (C=O) groups excluding carboxylic acids is 1. The van der Waals surface area contributed by atoms with E-state index in [2.05, 4.69) is 0 Å². The van der Waals surface area contributed by atoms with E-state index in [4.69, 9.17) is 5.26 Å². The smallest absolute Gasteiger partial charge is 0.293 e. The van der Waals surface area contributed by atoms with Crippen LogP contribution in [0.2, 0.25) is 0 Å². The van der Waals surface area contributed by atoms with Crippen LogP contribution in [0.5, 0.6) is 0 Å². The van der Waals surface area contributed by atoms with Gasteiger partial charge < -0.3 is 4.90 Å². The fraction of sp³-hybridized carbons (Fsp3) is 0.429. The number of Topliss-reactive ketones (excluding diaryl/α,β-unsaturated/α-hetero) is 1. The molecular formula is C14H15N3O3. The number of rotatable bonds is 3. The van der Waals surface area contributed by atoms with Crippen molar-refractivity contribution in [3.8, 4) is 6.07 Å². The van der Waals surface area contributed by atoms with Crippen molar-refractivity contribution in [1.82, 2.24) is 0 Å². The molecule has 0 amide bonds. The lowest BCUT2D eigenvalue weighted by Crippen LogP contribution is -2.44. The molecule has 6 nitrogen and oxygen atoms in total. The highest BCUT2D eigenvalue weighted by Gasteiger charge is 2.30. The van der Waals surface area contributed by atoms with Crippen LogP contribution in [-0.4, -0.2) is 23.3 Å². The highest BCUT2D eigenvalue weighted by Crippen LogP contribution is 2.33. The summed E-state index contributed by atoms with van der Waals surface area (Å²) in [6, 6.07) is 5.97. The average Bonchev–Trinajstić information content (AvgIpc) is 2.46. The molecule has 104 valence electrons. The van der Waals surface area contributed by atoms with Crippen molar-refractivity contribution in [2.45, 2.75) is 32.2 Å². The number of carbonyl (C=O) groups is 1. The van der Waals surface area contributed by atoms with Gasteiger partial charge in [-0.1, -0.05) is 0 Å². The Morgan fingerprint density at radius 2 is 2.25 bits per heavy atom. The molecule has 20 heavy (non-hydrogen) atoms. The topological polar surface area (TPSA) is 87.2 Å². The second-order valence-corrected chi connectivity index (χ2v) is 4.89. The van der Waals surface area contributed by atoms with Gasteiger partial charge in [0.15, 0.2) is 5.78 Å². The maximum absolute atomic E-state index is 11.7. The van der Waals surface area contributed by atoms with Crippen LogP contribution in [0.4, 0.5) is 11.4 Å². The van der Waals surface area contributed by atoms with Gasteiger partial charge in [0.05, 0.1) is 22.6 Å². The molecule has 0 aromatic heterocycles. The number of anilines is 1. The van der Waals surface area contributed by atoms with Crippen molar-refractivity contribution in [2.75, 3.05) is 11.4 Å². The summed E-state index contributed by atoms with van der Waals surface area (Å²) in [6.07, 6.45) is 2.57. The minimum atomic E-state index is -0.498. The summed E-state index contributed by atoms with van der Waals surface area (Å²) in [5.74, 6) is 0.0170. The quantitative estimate of drug-likeness (QED) is 0.623. The van der Waals surface area contributed by atoms with Crippen LogP contribution >= 0.6 is 0 Å². The van der Waals surface area contributed by atoms with E-state index in [-0.39, 0.29) is 23.1 Å². The van der Waals surface area contributed by atoms with Gasteiger partial charge in [0, 0.05) is 12.6 Å². The SMILES string of the molecule is CC(=O)C1CCCCN1c1ccc(C#N)cc1[N+](=O)[O-]. The van der Waals surface area contributed by atoms with Crippen LogP contribution in [0.15, 0.2) is 18.2 Å². The Hall–Kier alpha value is -2.42. The van der Waals surface area contributed by atoms with E-state index in [0.717, 1.165) is 12.8 Å². The standard InChI is InChI=1S/C14H15N3O3/c1-10(18)12-4-2-3-7-16(12)13-6-5-11(9-15)8-14(13)17(19)20/h5-6,8,12H,2-4,7H2,1H3.